The van der Waals surface area contributed by atoms with E-state index >= 15 is 0 Å². The Kier molecular flexibility index (Phi) is 5.05. The quantitative estimate of drug-likeness (QED) is 0.903. The third-order valence-corrected chi connectivity index (χ3v) is 4.78. The van der Waals surface area contributed by atoms with Gasteiger partial charge in [0.2, 0.25) is 5.91 Å². The number of aromatic nitrogens is 1. The first kappa shape index (κ1) is 16.1. The Morgan fingerprint density at radius 3 is 2.74 bits per heavy atom. The van der Waals surface area contributed by atoms with Crippen LogP contribution in [-0.2, 0) is 4.79 Å². The number of amides is 1. The molecule has 0 spiro atoms. The maximum atomic E-state index is 12.1. The number of benzene rings is 1. The topological polar surface area (TPSA) is 65.5 Å². The summed E-state index contributed by atoms with van der Waals surface area (Å²) in [6, 6.07) is 8.18. The molecule has 3 rings (SSSR count). The van der Waals surface area contributed by atoms with E-state index in [-0.39, 0.29) is 12.0 Å². The van der Waals surface area contributed by atoms with Gasteiger partial charge in [0, 0.05) is 24.0 Å². The highest BCUT2D eigenvalue weighted by atomic mass is 32.1. The van der Waals surface area contributed by atoms with Crippen molar-refractivity contribution in [1.82, 2.24) is 9.88 Å². The SMILES string of the molecule is Cc1ccc(-c2csc(NC(=O)CN3CCC(O)CC3)n2)cc1. The van der Waals surface area contributed by atoms with Crippen LogP contribution < -0.4 is 5.32 Å². The summed E-state index contributed by atoms with van der Waals surface area (Å²) in [4.78, 5) is 18.7. The van der Waals surface area contributed by atoms with Gasteiger partial charge in [0.05, 0.1) is 18.3 Å². The molecule has 1 aromatic carbocycles. The van der Waals surface area contributed by atoms with Gasteiger partial charge in [-0.1, -0.05) is 29.8 Å². The molecule has 1 amide bonds. The molecule has 1 aliphatic heterocycles. The van der Waals surface area contributed by atoms with Crippen LogP contribution in [0.5, 0.6) is 0 Å². The predicted molar refractivity (Wildman–Crippen MR) is 92.6 cm³/mol. The van der Waals surface area contributed by atoms with E-state index < -0.39 is 0 Å². The molecule has 0 aliphatic carbocycles. The molecule has 6 heteroatoms. The Bertz CT molecular complexity index is 661. The molecule has 5 nitrogen and oxygen atoms in total. The standard InChI is InChI=1S/C17H21N3O2S/c1-12-2-4-13(5-3-12)15-11-23-17(18-15)19-16(22)10-20-8-6-14(21)7-9-20/h2-5,11,14,21H,6-10H2,1H3,(H,18,19,22). The molecule has 0 bridgehead atoms. The molecule has 1 saturated heterocycles. The molecule has 2 aromatic rings. The number of nitrogens with one attached hydrogen (secondary N) is 1. The van der Waals surface area contributed by atoms with Gasteiger partial charge < -0.3 is 10.4 Å². The first-order valence-electron chi connectivity index (χ1n) is 7.83. The highest BCUT2D eigenvalue weighted by Crippen LogP contribution is 2.25. The predicted octanol–water partition coefficient (Wildman–Crippen LogP) is 2.51. The molecule has 122 valence electrons. The van der Waals surface area contributed by atoms with E-state index in [0.29, 0.717) is 11.7 Å². The summed E-state index contributed by atoms with van der Waals surface area (Å²) in [5.74, 6) is -0.0498. The lowest BCUT2D eigenvalue weighted by Crippen LogP contribution is -2.40. The minimum Gasteiger partial charge on any atom is -0.393 e. The number of carbonyl (C=O) groups is 1. The lowest BCUT2D eigenvalue weighted by Gasteiger charge is -2.28. The summed E-state index contributed by atoms with van der Waals surface area (Å²) in [5, 5.41) is 14.9. The number of carbonyl (C=O) groups excluding carboxylic acids is 1. The third-order valence-electron chi connectivity index (χ3n) is 4.02. The third kappa shape index (κ3) is 4.37. The van der Waals surface area contributed by atoms with Gasteiger partial charge >= 0.3 is 0 Å². The number of anilines is 1. The van der Waals surface area contributed by atoms with Crippen LogP contribution in [-0.4, -0.2) is 46.6 Å². The summed E-state index contributed by atoms with van der Waals surface area (Å²) in [6.45, 7) is 3.93. The molecule has 0 atom stereocenters. The van der Waals surface area contributed by atoms with Crippen molar-refractivity contribution in [3.8, 4) is 11.3 Å². The zero-order valence-electron chi connectivity index (χ0n) is 13.2. The molecule has 0 unspecified atom stereocenters. The Hall–Kier alpha value is -1.76. The number of hydrogen-bond acceptors (Lipinski definition) is 5. The molecule has 0 saturated carbocycles. The number of likely N-dealkylation sites (tertiary alicyclic amines) is 1. The molecule has 2 N–H and O–H groups in total. The molecule has 2 heterocycles. The second kappa shape index (κ2) is 7.21. The average Bonchev–Trinajstić information content (AvgIpc) is 2.98. The van der Waals surface area contributed by atoms with E-state index in [1.165, 1.54) is 16.9 Å². The van der Waals surface area contributed by atoms with Crippen molar-refractivity contribution in [1.29, 1.82) is 0 Å². The second-order valence-corrected chi connectivity index (χ2v) is 6.82. The van der Waals surface area contributed by atoms with Crippen LogP contribution in [0.3, 0.4) is 0 Å². The van der Waals surface area contributed by atoms with Crippen molar-refractivity contribution in [2.45, 2.75) is 25.9 Å². The van der Waals surface area contributed by atoms with Crippen molar-refractivity contribution in [2.24, 2.45) is 0 Å². The van der Waals surface area contributed by atoms with Crippen LogP contribution in [0.25, 0.3) is 11.3 Å². The molecular formula is C17H21N3O2S. The number of hydrogen-bond donors (Lipinski definition) is 2. The Morgan fingerprint density at radius 1 is 1.35 bits per heavy atom. The molecule has 1 aromatic heterocycles. The number of thiazole rings is 1. The van der Waals surface area contributed by atoms with Crippen LogP contribution in [0.1, 0.15) is 18.4 Å². The summed E-state index contributed by atoms with van der Waals surface area (Å²) in [7, 11) is 0. The fourth-order valence-corrected chi connectivity index (χ4v) is 3.36. The zero-order chi connectivity index (χ0) is 16.2. The molecule has 1 fully saturated rings. The van der Waals surface area contributed by atoms with Crippen LogP contribution >= 0.6 is 11.3 Å². The minimum absolute atomic E-state index is 0.0498. The monoisotopic (exact) mass is 331 g/mol. The van der Waals surface area contributed by atoms with E-state index in [4.69, 9.17) is 0 Å². The molecule has 0 radical (unpaired) electrons. The Morgan fingerprint density at radius 2 is 2.04 bits per heavy atom. The fraction of sp³-hybridized carbons (Fsp3) is 0.412. The highest BCUT2D eigenvalue weighted by Gasteiger charge is 2.19. The largest absolute Gasteiger partial charge is 0.393 e. The number of aliphatic hydroxyl groups excluding tert-OH is 1. The van der Waals surface area contributed by atoms with E-state index in [1.807, 2.05) is 17.5 Å². The van der Waals surface area contributed by atoms with Crippen molar-refractivity contribution in [3.63, 3.8) is 0 Å². The van der Waals surface area contributed by atoms with Gasteiger partial charge in [-0.15, -0.1) is 11.3 Å². The number of aryl methyl sites for hydroxylation is 1. The summed E-state index contributed by atoms with van der Waals surface area (Å²) >= 11 is 1.44. The maximum Gasteiger partial charge on any atom is 0.240 e. The second-order valence-electron chi connectivity index (χ2n) is 5.96. The number of rotatable bonds is 4. The van der Waals surface area contributed by atoms with E-state index in [0.717, 1.165) is 37.2 Å². The van der Waals surface area contributed by atoms with Crippen LogP contribution in [0.4, 0.5) is 5.13 Å². The smallest absolute Gasteiger partial charge is 0.240 e. The Labute approximate surface area is 140 Å². The highest BCUT2D eigenvalue weighted by molar-refractivity contribution is 7.14. The lowest BCUT2D eigenvalue weighted by molar-refractivity contribution is -0.117. The molecule has 1 aliphatic rings. The maximum absolute atomic E-state index is 12.1. The number of nitrogens with zero attached hydrogens (tertiary/aromatic N) is 2. The van der Waals surface area contributed by atoms with Gasteiger partial charge in [-0.2, -0.15) is 0 Å². The number of aliphatic hydroxyl groups is 1. The Balaban J connectivity index is 1.56. The van der Waals surface area contributed by atoms with Gasteiger partial charge in [-0.25, -0.2) is 4.98 Å². The summed E-state index contributed by atoms with van der Waals surface area (Å²) in [5.41, 5.74) is 3.15. The van der Waals surface area contributed by atoms with E-state index in [2.05, 4.69) is 34.3 Å². The van der Waals surface area contributed by atoms with Gasteiger partial charge in [0.1, 0.15) is 0 Å². The van der Waals surface area contributed by atoms with Gasteiger partial charge in [0.15, 0.2) is 5.13 Å². The van der Waals surface area contributed by atoms with Gasteiger partial charge in [-0.3, -0.25) is 9.69 Å². The first-order chi connectivity index (χ1) is 11.1. The van der Waals surface area contributed by atoms with E-state index in [9.17, 15) is 9.90 Å². The summed E-state index contributed by atoms with van der Waals surface area (Å²) < 4.78 is 0. The zero-order valence-corrected chi connectivity index (χ0v) is 14.0. The van der Waals surface area contributed by atoms with Crippen LogP contribution in [0.2, 0.25) is 0 Å². The van der Waals surface area contributed by atoms with Crippen LogP contribution in [0, 0.1) is 6.92 Å². The van der Waals surface area contributed by atoms with Crippen molar-refractivity contribution in [2.75, 3.05) is 25.0 Å². The fourth-order valence-electron chi connectivity index (χ4n) is 2.63. The molecule has 23 heavy (non-hydrogen) atoms. The minimum atomic E-state index is -0.217. The lowest BCUT2D eigenvalue weighted by atomic mass is 10.1. The normalized spacial score (nSPS) is 16.4. The first-order valence-corrected chi connectivity index (χ1v) is 8.71. The summed E-state index contributed by atoms with van der Waals surface area (Å²) in [6.07, 6.45) is 1.26. The van der Waals surface area contributed by atoms with E-state index in [1.54, 1.807) is 0 Å². The van der Waals surface area contributed by atoms with Crippen molar-refractivity contribution < 1.29 is 9.90 Å². The van der Waals surface area contributed by atoms with Crippen molar-refractivity contribution in [3.05, 3.63) is 35.2 Å². The van der Waals surface area contributed by atoms with Gasteiger partial charge in [0.25, 0.3) is 0 Å². The molecular weight excluding hydrogens is 310 g/mol. The van der Waals surface area contributed by atoms with Crippen molar-refractivity contribution >= 4 is 22.4 Å². The average molecular weight is 331 g/mol. The number of piperidine rings is 1. The van der Waals surface area contributed by atoms with Crippen LogP contribution in [0.15, 0.2) is 29.6 Å². The van der Waals surface area contributed by atoms with Gasteiger partial charge in [-0.05, 0) is 19.8 Å².